The Balaban J connectivity index is 1.37. The summed E-state index contributed by atoms with van der Waals surface area (Å²) < 4.78 is 10.9. The molecule has 0 saturated heterocycles. The van der Waals surface area contributed by atoms with Crippen molar-refractivity contribution in [1.29, 1.82) is 0 Å². The number of hydrogen-bond acceptors (Lipinski definition) is 7. The summed E-state index contributed by atoms with van der Waals surface area (Å²) in [5, 5.41) is 8.11. The molecule has 0 radical (unpaired) electrons. The van der Waals surface area contributed by atoms with Crippen LogP contribution in [0.2, 0.25) is 10.0 Å². The molecule has 1 heterocycles. The van der Waals surface area contributed by atoms with Crippen LogP contribution in [-0.2, 0) is 22.4 Å². The number of anilines is 1. The van der Waals surface area contributed by atoms with Gasteiger partial charge in [-0.1, -0.05) is 29.3 Å². The van der Waals surface area contributed by atoms with E-state index >= 15 is 0 Å². The van der Waals surface area contributed by atoms with Crippen molar-refractivity contribution in [1.82, 2.24) is 5.43 Å². The fourth-order valence-electron chi connectivity index (χ4n) is 4.08. The number of halogens is 2. The molecule has 39 heavy (non-hydrogen) atoms. The van der Waals surface area contributed by atoms with Gasteiger partial charge in [0.25, 0.3) is 11.8 Å². The van der Waals surface area contributed by atoms with Gasteiger partial charge < -0.3 is 14.8 Å². The number of rotatable bonds is 9. The van der Waals surface area contributed by atoms with Gasteiger partial charge >= 0.3 is 5.97 Å². The Labute approximate surface area is 240 Å². The van der Waals surface area contributed by atoms with Crippen molar-refractivity contribution >= 4 is 63.5 Å². The van der Waals surface area contributed by atoms with Crippen molar-refractivity contribution in [2.75, 3.05) is 11.9 Å². The molecule has 2 amide bonds. The number of nitrogens with one attached hydrogen (secondary N) is 2. The summed E-state index contributed by atoms with van der Waals surface area (Å²) in [7, 11) is 0. The third-order valence-corrected chi connectivity index (χ3v) is 7.91. The minimum atomic E-state index is -0.867. The van der Waals surface area contributed by atoms with Gasteiger partial charge in [0, 0.05) is 16.0 Å². The number of aryl methyl sites for hydroxylation is 1. The Morgan fingerprint density at radius 1 is 1.08 bits per heavy atom. The molecule has 0 fully saturated rings. The molecule has 11 heteroatoms. The summed E-state index contributed by atoms with van der Waals surface area (Å²) in [6, 6.07) is 11.4. The maximum absolute atomic E-state index is 13.0. The van der Waals surface area contributed by atoms with Crippen molar-refractivity contribution < 1.29 is 23.9 Å². The van der Waals surface area contributed by atoms with E-state index in [-0.39, 0.29) is 12.5 Å². The summed E-state index contributed by atoms with van der Waals surface area (Å²) in [5.41, 5.74) is 4.70. The molecule has 0 bridgehead atoms. The molecule has 1 aliphatic rings. The van der Waals surface area contributed by atoms with Crippen LogP contribution in [0.4, 0.5) is 5.00 Å². The van der Waals surface area contributed by atoms with Gasteiger partial charge in [0.1, 0.15) is 10.8 Å². The van der Waals surface area contributed by atoms with E-state index in [9.17, 15) is 14.4 Å². The van der Waals surface area contributed by atoms with Crippen molar-refractivity contribution in [2.45, 2.75) is 45.6 Å². The number of thiophene rings is 1. The lowest BCUT2D eigenvalue weighted by Crippen LogP contribution is -2.33. The highest BCUT2D eigenvalue weighted by molar-refractivity contribution is 7.17. The van der Waals surface area contributed by atoms with E-state index in [2.05, 4.69) is 15.8 Å². The van der Waals surface area contributed by atoms with Gasteiger partial charge in [0.15, 0.2) is 6.10 Å². The van der Waals surface area contributed by atoms with E-state index < -0.39 is 18.0 Å². The summed E-state index contributed by atoms with van der Waals surface area (Å²) in [6.45, 7) is 3.59. The highest BCUT2D eigenvalue weighted by Crippen LogP contribution is 2.39. The molecule has 2 aromatic carbocycles. The van der Waals surface area contributed by atoms with Crippen molar-refractivity contribution in [2.24, 2.45) is 5.10 Å². The van der Waals surface area contributed by atoms with Crippen LogP contribution in [0.15, 0.2) is 47.6 Å². The number of carbonyl (C=O) groups excluding carboxylic acids is 3. The van der Waals surface area contributed by atoms with E-state index in [1.807, 2.05) is 0 Å². The molecule has 4 rings (SSSR count). The van der Waals surface area contributed by atoms with E-state index in [1.165, 1.54) is 17.6 Å². The van der Waals surface area contributed by atoms with Crippen LogP contribution in [-0.4, -0.2) is 36.7 Å². The average Bonchev–Trinajstić information content (AvgIpc) is 3.28. The van der Waals surface area contributed by atoms with E-state index in [1.54, 1.807) is 56.3 Å². The fraction of sp³-hybridized carbons (Fsp3) is 0.286. The molecule has 1 atom stereocenters. The standard InChI is InChI=1S/C28H27Cl2N3O5S/c1-3-37-28(36)24-19-7-4-5-10-23(19)39-27(24)32-26(35)17-11-13-18(14-12-17)38-16(2)25(34)33-31-15-20-21(29)8-6-9-22(20)30/h6,8-9,11-16H,3-5,7,10H2,1-2H3,(H,32,35)(H,33,34). The largest absolute Gasteiger partial charge is 0.481 e. The number of amides is 2. The predicted molar refractivity (Wildman–Crippen MR) is 154 cm³/mol. The number of ether oxygens (including phenoxy) is 2. The summed E-state index contributed by atoms with van der Waals surface area (Å²) in [6.07, 6.45) is 4.24. The maximum Gasteiger partial charge on any atom is 0.341 e. The van der Waals surface area contributed by atoms with Crippen molar-refractivity contribution in [3.05, 3.63) is 79.6 Å². The molecular formula is C28H27Cl2N3O5S. The first-order chi connectivity index (χ1) is 18.8. The van der Waals surface area contributed by atoms with E-state index in [0.29, 0.717) is 37.5 Å². The van der Waals surface area contributed by atoms with E-state index in [4.69, 9.17) is 32.7 Å². The molecule has 0 spiro atoms. The first-order valence-corrected chi connectivity index (χ1v) is 14.0. The molecule has 8 nitrogen and oxygen atoms in total. The van der Waals surface area contributed by atoms with Crippen LogP contribution in [0, 0.1) is 0 Å². The Bertz CT molecular complexity index is 1380. The summed E-state index contributed by atoms with van der Waals surface area (Å²) >= 11 is 13.6. The monoisotopic (exact) mass is 587 g/mol. The predicted octanol–water partition coefficient (Wildman–Crippen LogP) is 6.28. The lowest BCUT2D eigenvalue weighted by Gasteiger charge is -2.13. The van der Waals surface area contributed by atoms with Gasteiger partial charge in [0.2, 0.25) is 0 Å². The molecule has 1 aliphatic carbocycles. The van der Waals surface area contributed by atoms with Crippen LogP contribution < -0.4 is 15.5 Å². The topological polar surface area (TPSA) is 106 Å². The van der Waals surface area contributed by atoms with Gasteiger partial charge in [-0.05, 0) is 81.5 Å². The van der Waals surface area contributed by atoms with Gasteiger partial charge in [-0.25, -0.2) is 10.2 Å². The van der Waals surface area contributed by atoms with Gasteiger partial charge in [-0.3, -0.25) is 9.59 Å². The summed E-state index contributed by atoms with van der Waals surface area (Å²) in [5.74, 6) is -0.859. The van der Waals surface area contributed by atoms with Crippen molar-refractivity contribution in [3.63, 3.8) is 0 Å². The van der Waals surface area contributed by atoms with Crippen LogP contribution in [0.3, 0.4) is 0 Å². The lowest BCUT2D eigenvalue weighted by atomic mass is 9.95. The molecule has 1 unspecified atom stereocenters. The highest BCUT2D eigenvalue weighted by atomic mass is 35.5. The molecule has 1 aromatic heterocycles. The normalized spacial score (nSPS) is 13.4. The molecule has 204 valence electrons. The molecule has 0 saturated carbocycles. The zero-order valence-corrected chi connectivity index (χ0v) is 23.7. The summed E-state index contributed by atoms with van der Waals surface area (Å²) in [4.78, 5) is 39.1. The highest BCUT2D eigenvalue weighted by Gasteiger charge is 2.27. The second-order valence-corrected chi connectivity index (χ2v) is 10.7. The Hall–Kier alpha value is -3.40. The third-order valence-electron chi connectivity index (χ3n) is 6.04. The second kappa shape index (κ2) is 13.1. The fourth-order valence-corrected chi connectivity index (χ4v) is 5.84. The number of carbonyl (C=O) groups is 3. The smallest absolute Gasteiger partial charge is 0.341 e. The minimum Gasteiger partial charge on any atom is -0.481 e. The van der Waals surface area contributed by atoms with Gasteiger partial charge in [-0.15, -0.1) is 11.3 Å². The number of fused-ring (bicyclic) bond motifs is 1. The van der Waals surface area contributed by atoms with Crippen LogP contribution >= 0.6 is 34.5 Å². The number of esters is 1. The quantitative estimate of drug-likeness (QED) is 0.174. The van der Waals surface area contributed by atoms with Crippen LogP contribution in [0.5, 0.6) is 5.75 Å². The lowest BCUT2D eigenvalue weighted by molar-refractivity contribution is -0.127. The zero-order chi connectivity index (χ0) is 27.9. The second-order valence-electron chi connectivity index (χ2n) is 8.74. The number of hydrazone groups is 1. The number of hydrogen-bond donors (Lipinski definition) is 2. The van der Waals surface area contributed by atoms with Crippen LogP contribution in [0.25, 0.3) is 0 Å². The Morgan fingerprint density at radius 2 is 1.77 bits per heavy atom. The average molecular weight is 589 g/mol. The Morgan fingerprint density at radius 3 is 2.46 bits per heavy atom. The first kappa shape index (κ1) is 28.6. The SMILES string of the molecule is CCOC(=O)c1c(NC(=O)c2ccc(OC(C)C(=O)NN=Cc3c(Cl)cccc3Cl)cc2)sc2c1CCCC2. The molecular weight excluding hydrogens is 561 g/mol. The molecule has 0 aliphatic heterocycles. The Kier molecular flexibility index (Phi) is 9.61. The molecule has 2 N–H and O–H groups in total. The van der Waals surface area contributed by atoms with E-state index in [0.717, 1.165) is 36.1 Å². The maximum atomic E-state index is 13.0. The van der Waals surface area contributed by atoms with Gasteiger partial charge in [0.05, 0.1) is 28.4 Å². The van der Waals surface area contributed by atoms with Crippen LogP contribution in [0.1, 0.15) is 63.4 Å². The number of nitrogens with zero attached hydrogens (tertiary/aromatic N) is 1. The minimum absolute atomic E-state index is 0.261. The molecule has 3 aromatic rings. The third kappa shape index (κ3) is 6.98. The van der Waals surface area contributed by atoms with Crippen molar-refractivity contribution in [3.8, 4) is 5.75 Å². The zero-order valence-electron chi connectivity index (χ0n) is 21.4. The van der Waals surface area contributed by atoms with Gasteiger partial charge in [-0.2, -0.15) is 5.10 Å². The number of benzene rings is 2. The first-order valence-electron chi connectivity index (χ1n) is 12.4.